The van der Waals surface area contributed by atoms with Crippen LogP contribution in [0, 0.1) is 20.8 Å². The zero-order chi connectivity index (χ0) is 23.3. The molecule has 0 saturated heterocycles. The summed E-state index contributed by atoms with van der Waals surface area (Å²) in [7, 11) is 1.57. The number of anilines is 1. The van der Waals surface area contributed by atoms with Gasteiger partial charge in [0, 0.05) is 24.6 Å². The standard InChI is InChI=1S/C23H29N3O4S2/c1-6-30-11-7-10-26-22(28)20-15(3)16(4)32-21(20)25-23(26)31-13-19(27)24-17-12-14(2)8-9-18(17)29-5/h8-9,12H,6-7,10-11,13H2,1-5H3,(H,24,27). The van der Waals surface area contributed by atoms with Crippen LogP contribution in [0.3, 0.4) is 0 Å². The van der Waals surface area contributed by atoms with Gasteiger partial charge in [-0.2, -0.15) is 0 Å². The molecular formula is C23H29N3O4S2. The third-order valence-corrected chi connectivity index (χ3v) is 7.17. The van der Waals surface area contributed by atoms with Crippen molar-refractivity contribution in [3.63, 3.8) is 0 Å². The minimum Gasteiger partial charge on any atom is -0.495 e. The highest BCUT2D eigenvalue weighted by atomic mass is 32.2. The van der Waals surface area contributed by atoms with Crippen LogP contribution in [0.4, 0.5) is 5.69 Å². The Hall–Kier alpha value is -2.36. The average Bonchev–Trinajstić information content (AvgIpc) is 3.05. The monoisotopic (exact) mass is 475 g/mol. The van der Waals surface area contributed by atoms with Gasteiger partial charge < -0.3 is 14.8 Å². The summed E-state index contributed by atoms with van der Waals surface area (Å²) in [6.07, 6.45) is 0.698. The highest BCUT2D eigenvalue weighted by molar-refractivity contribution is 7.99. The van der Waals surface area contributed by atoms with Crippen molar-refractivity contribution in [1.29, 1.82) is 0 Å². The molecule has 0 spiro atoms. The Morgan fingerprint density at radius 2 is 2.06 bits per heavy atom. The van der Waals surface area contributed by atoms with Gasteiger partial charge in [0.05, 0.1) is 23.9 Å². The molecule has 0 atom stereocenters. The van der Waals surface area contributed by atoms with Crippen LogP contribution in [-0.4, -0.2) is 41.5 Å². The van der Waals surface area contributed by atoms with Gasteiger partial charge in [0.2, 0.25) is 5.91 Å². The molecule has 0 unspecified atom stereocenters. The maximum Gasteiger partial charge on any atom is 0.263 e. The van der Waals surface area contributed by atoms with Crippen LogP contribution in [0.5, 0.6) is 5.75 Å². The lowest BCUT2D eigenvalue weighted by molar-refractivity contribution is -0.113. The maximum atomic E-state index is 13.3. The van der Waals surface area contributed by atoms with E-state index in [0.717, 1.165) is 16.0 Å². The molecule has 2 heterocycles. The van der Waals surface area contributed by atoms with E-state index in [9.17, 15) is 9.59 Å². The Labute approximate surface area is 196 Å². The molecular weight excluding hydrogens is 446 g/mol. The van der Waals surface area contributed by atoms with Crippen LogP contribution in [0.1, 0.15) is 29.3 Å². The molecule has 7 nitrogen and oxygen atoms in total. The second-order valence-corrected chi connectivity index (χ2v) is 9.55. The molecule has 0 aliphatic heterocycles. The largest absolute Gasteiger partial charge is 0.495 e. The Morgan fingerprint density at radius 3 is 2.78 bits per heavy atom. The summed E-state index contributed by atoms with van der Waals surface area (Å²) >= 11 is 2.78. The number of rotatable bonds is 10. The molecule has 9 heteroatoms. The number of carbonyl (C=O) groups is 1. The number of aryl methyl sites for hydroxylation is 3. The van der Waals surface area contributed by atoms with E-state index in [1.807, 2.05) is 45.9 Å². The average molecular weight is 476 g/mol. The van der Waals surface area contributed by atoms with Crippen molar-refractivity contribution in [2.45, 2.75) is 45.8 Å². The summed E-state index contributed by atoms with van der Waals surface area (Å²) in [5.74, 6) is 0.544. The molecule has 0 fully saturated rings. The highest BCUT2D eigenvalue weighted by Crippen LogP contribution is 2.29. The van der Waals surface area contributed by atoms with E-state index in [1.165, 1.54) is 23.1 Å². The fourth-order valence-corrected chi connectivity index (χ4v) is 5.22. The van der Waals surface area contributed by atoms with Crippen molar-refractivity contribution in [2.24, 2.45) is 0 Å². The summed E-state index contributed by atoms with van der Waals surface area (Å²) in [5, 5.41) is 4.12. The molecule has 3 aromatic rings. The lowest BCUT2D eigenvalue weighted by Gasteiger charge is -2.13. The first-order chi connectivity index (χ1) is 15.3. The van der Waals surface area contributed by atoms with E-state index in [-0.39, 0.29) is 17.2 Å². The number of fused-ring (bicyclic) bond motifs is 1. The molecule has 172 valence electrons. The number of amides is 1. The number of methoxy groups -OCH3 is 1. The summed E-state index contributed by atoms with van der Waals surface area (Å²) in [6.45, 7) is 9.55. The van der Waals surface area contributed by atoms with Crippen LogP contribution in [0.2, 0.25) is 0 Å². The molecule has 0 radical (unpaired) electrons. The fraction of sp³-hybridized carbons (Fsp3) is 0.435. The van der Waals surface area contributed by atoms with Gasteiger partial charge in [-0.05, 0) is 57.4 Å². The number of ether oxygens (including phenoxy) is 2. The first-order valence-electron chi connectivity index (χ1n) is 10.5. The van der Waals surface area contributed by atoms with Crippen molar-refractivity contribution < 1.29 is 14.3 Å². The van der Waals surface area contributed by atoms with Crippen molar-refractivity contribution in [2.75, 3.05) is 31.4 Å². The van der Waals surface area contributed by atoms with E-state index < -0.39 is 0 Å². The number of aromatic nitrogens is 2. The van der Waals surface area contributed by atoms with Gasteiger partial charge >= 0.3 is 0 Å². The van der Waals surface area contributed by atoms with Gasteiger partial charge in [0.15, 0.2) is 5.16 Å². The minimum absolute atomic E-state index is 0.0587. The Morgan fingerprint density at radius 1 is 1.28 bits per heavy atom. The number of hydrogen-bond acceptors (Lipinski definition) is 7. The molecule has 3 rings (SSSR count). The van der Waals surface area contributed by atoms with Crippen LogP contribution in [-0.2, 0) is 16.1 Å². The van der Waals surface area contributed by atoms with Gasteiger partial charge in [-0.15, -0.1) is 11.3 Å². The van der Waals surface area contributed by atoms with Crippen LogP contribution < -0.4 is 15.6 Å². The first-order valence-corrected chi connectivity index (χ1v) is 12.3. The molecule has 0 aliphatic rings. The smallest absolute Gasteiger partial charge is 0.263 e. The normalized spacial score (nSPS) is 11.2. The van der Waals surface area contributed by atoms with E-state index >= 15 is 0 Å². The summed E-state index contributed by atoms with van der Waals surface area (Å²) in [6, 6.07) is 5.62. The topological polar surface area (TPSA) is 82.4 Å². The quantitative estimate of drug-likeness (QED) is 0.263. The third kappa shape index (κ3) is 5.51. The molecule has 0 bridgehead atoms. The van der Waals surface area contributed by atoms with Crippen LogP contribution in [0.15, 0.2) is 28.2 Å². The number of benzene rings is 1. The number of hydrogen-bond donors (Lipinski definition) is 1. The van der Waals surface area contributed by atoms with Crippen molar-refractivity contribution in [1.82, 2.24) is 9.55 Å². The van der Waals surface area contributed by atoms with Crippen molar-refractivity contribution in [3.05, 3.63) is 44.6 Å². The lowest BCUT2D eigenvalue weighted by atomic mass is 10.2. The number of thioether (sulfide) groups is 1. The Balaban J connectivity index is 1.83. The van der Waals surface area contributed by atoms with E-state index in [4.69, 9.17) is 14.5 Å². The van der Waals surface area contributed by atoms with Crippen molar-refractivity contribution in [3.8, 4) is 5.75 Å². The number of nitrogens with zero attached hydrogens (tertiary/aromatic N) is 2. The fourth-order valence-electron chi connectivity index (χ4n) is 3.32. The van der Waals surface area contributed by atoms with Gasteiger partial charge in [0.1, 0.15) is 10.6 Å². The number of nitrogens with one attached hydrogen (secondary N) is 1. The summed E-state index contributed by atoms with van der Waals surface area (Å²) in [5.41, 5.74) is 2.56. The van der Waals surface area contributed by atoms with Crippen LogP contribution >= 0.6 is 23.1 Å². The van der Waals surface area contributed by atoms with E-state index in [1.54, 1.807) is 11.7 Å². The molecule has 2 aromatic heterocycles. The second-order valence-electron chi connectivity index (χ2n) is 7.41. The molecule has 32 heavy (non-hydrogen) atoms. The summed E-state index contributed by atoms with van der Waals surface area (Å²) < 4.78 is 12.4. The minimum atomic E-state index is -0.187. The van der Waals surface area contributed by atoms with Crippen LogP contribution in [0.25, 0.3) is 10.2 Å². The molecule has 1 amide bonds. The number of carbonyl (C=O) groups excluding carboxylic acids is 1. The van der Waals surface area contributed by atoms with Gasteiger partial charge in [-0.25, -0.2) is 4.98 Å². The molecule has 1 aromatic carbocycles. The van der Waals surface area contributed by atoms with E-state index in [2.05, 4.69) is 5.32 Å². The highest BCUT2D eigenvalue weighted by Gasteiger charge is 2.18. The maximum absolute atomic E-state index is 13.3. The molecule has 1 N–H and O–H groups in total. The second kappa shape index (κ2) is 11.0. The SMILES string of the molecule is CCOCCCn1c(SCC(=O)Nc2cc(C)ccc2OC)nc2sc(C)c(C)c2c1=O. The predicted molar refractivity (Wildman–Crippen MR) is 132 cm³/mol. The van der Waals surface area contributed by atoms with Gasteiger partial charge in [-0.3, -0.25) is 14.2 Å². The first kappa shape index (κ1) is 24.3. The Kier molecular flexibility index (Phi) is 8.33. The zero-order valence-corrected chi connectivity index (χ0v) is 20.7. The molecule has 0 saturated carbocycles. The van der Waals surface area contributed by atoms with Crippen molar-refractivity contribution >= 4 is 44.9 Å². The number of thiophene rings is 1. The Bertz CT molecular complexity index is 1170. The third-order valence-electron chi connectivity index (χ3n) is 5.09. The van der Waals surface area contributed by atoms with E-state index in [0.29, 0.717) is 53.0 Å². The van der Waals surface area contributed by atoms with Gasteiger partial charge in [-0.1, -0.05) is 17.8 Å². The predicted octanol–water partition coefficient (Wildman–Crippen LogP) is 4.55. The summed E-state index contributed by atoms with van der Waals surface area (Å²) in [4.78, 5) is 32.5. The zero-order valence-electron chi connectivity index (χ0n) is 19.1. The lowest BCUT2D eigenvalue weighted by Crippen LogP contribution is -2.25. The molecule has 0 aliphatic carbocycles. The van der Waals surface area contributed by atoms with Gasteiger partial charge in [0.25, 0.3) is 5.56 Å².